The lowest BCUT2D eigenvalue weighted by Gasteiger charge is -2.65. The fourth-order valence-electron chi connectivity index (χ4n) is 11.3. The van der Waals surface area contributed by atoms with Crippen molar-refractivity contribution in [1.29, 1.82) is 0 Å². The number of esters is 1. The van der Waals surface area contributed by atoms with Crippen LogP contribution < -0.4 is 0 Å². The molecule has 4 saturated carbocycles. The summed E-state index contributed by atoms with van der Waals surface area (Å²) in [4.78, 5) is 25.1. The molecule has 2 saturated heterocycles. The Morgan fingerprint density at radius 3 is 2.24 bits per heavy atom. The van der Waals surface area contributed by atoms with Crippen molar-refractivity contribution in [3.63, 3.8) is 0 Å². The van der Waals surface area contributed by atoms with Crippen molar-refractivity contribution >= 4 is 12.3 Å². The number of aldehydes is 1. The van der Waals surface area contributed by atoms with E-state index < -0.39 is 96.2 Å². The van der Waals surface area contributed by atoms with E-state index in [4.69, 9.17) is 23.7 Å². The van der Waals surface area contributed by atoms with Gasteiger partial charge in [0.05, 0.1) is 48.1 Å². The van der Waals surface area contributed by atoms with Crippen LogP contribution in [-0.4, -0.2) is 138 Å². The van der Waals surface area contributed by atoms with E-state index in [1.807, 2.05) is 0 Å². The number of rotatable bonds is 7. The first kappa shape index (κ1) is 36.7. The van der Waals surface area contributed by atoms with Gasteiger partial charge in [0.1, 0.15) is 49.0 Å². The number of ether oxygens (including phenoxy) is 5. The Balaban J connectivity index is 1.02. The second kappa shape index (κ2) is 13.1. The number of hydrogen-bond acceptors (Lipinski definition) is 15. The molecule has 15 nitrogen and oxygen atoms in total. The zero-order chi connectivity index (χ0) is 36.0. The highest BCUT2D eigenvalue weighted by Crippen LogP contribution is 2.70. The van der Waals surface area contributed by atoms with Crippen LogP contribution in [0.1, 0.15) is 78.1 Å². The van der Waals surface area contributed by atoms with Crippen molar-refractivity contribution < 1.29 is 74.1 Å². The molecule has 0 radical (unpaired) electrons. The molecule has 282 valence electrons. The largest absolute Gasteiger partial charge is 0.434 e. The van der Waals surface area contributed by atoms with E-state index in [0.717, 1.165) is 18.3 Å². The minimum atomic E-state index is -1.71. The third kappa shape index (κ3) is 5.37. The SMILES string of the molecule is CC1OC(O[C@H]2CC[C@]3(C=O)[C@H]4CC[C@]5(C)[C@@H](C6=COC(=O)C6)CC[C@]5(O)[C@@H]4CC[C@]3(O)C2)C(O)C(O)C1OC1OC(CO)C(O)C(O)C1O. The predicted molar refractivity (Wildman–Crippen MR) is 167 cm³/mol. The predicted octanol–water partition coefficient (Wildman–Crippen LogP) is -1.08. The topological polar surface area (TPSA) is 242 Å². The minimum Gasteiger partial charge on any atom is -0.434 e. The summed E-state index contributed by atoms with van der Waals surface area (Å²) in [6.07, 6.45) is -8.42. The number of hydrogen-bond donors (Lipinski definition) is 8. The van der Waals surface area contributed by atoms with Gasteiger partial charge in [0.15, 0.2) is 12.6 Å². The lowest BCUT2D eigenvalue weighted by atomic mass is 9.41. The number of aliphatic hydroxyl groups is 8. The lowest BCUT2D eigenvalue weighted by molar-refractivity contribution is -0.361. The van der Waals surface area contributed by atoms with E-state index >= 15 is 0 Å². The maximum Gasteiger partial charge on any atom is 0.314 e. The summed E-state index contributed by atoms with van der Waals surface area (Å²) >= 11 is 0. The fraction of sp³-hybridized carbons (Fsp3) is 0.886. The summed E-state index contributed by atoms with van der Waals surface area (Å²) < 4.78 is 28.4. The van der Waals surface area contributed by atoms with Crippen LogP contribution in [0.4, 0.5) is 0 Å². The normalized spacial score (nSPS) is 55.0. The van der Waals surface area contributed by atoms with Crippen LogP contribution >= 0.6 is 0 Å². The molecule has 0 amide bonds. The highest BCUT2D eigenvalue weighted by atomic mass is 16.7. The molecule has 7 aliphatic rings. The first-order valence-electron chi connectivity index (χ1n) is 18.1. The van der Waals surface area contributed by atoms with Crippen LogP contribution in [0.25, 0.3) is 0 Å². The summed E-state index contributed by atoms with van der Waals surface area (Å²) in [5, 5.41) is 87.0. The fourth-order valence-corrected chi connectivity index (χ4v) is 11.3. The smallest absolute Gasteiger partial charge is 0.314 e. The Bertz CT molecular complexity index is 1340. The maximum absolute atomic E-state index is 13.2. The van der Waals surface area contributed by atoms with Crippen molar-refractivity contribution in [2.24, 2.45) is 28.6 Å². The van der Waals surface area contributed by atoms with Crippen molar-refractivity contribution in [1.82, 2.24) is 0 Å². The monoisotopic (exact) mass is 712 g/mol. The van der Waals surface area contributed by atoms with E-state index in [1.165, 1.54) is 0 Å². The van der Waals surface area contributed by atoms with Gasteiger partial charge in [-0.1, -0.05) is 6.92 Å². The van der Waals surface area contributed by atoms with E-state index in [1.54, 1.807) is 13.2 Å². The third-order valence-electron chi connectivity index (χ3n) is 14.1. The molecule has 0 aromatic heterocycles. The molecular weight excluding hydrogens is 660 g/mol. The van der Waals surface area contributed by atoms with Crippen molar-refractivity contribution in [2.75, 3.05) is 6.61 Å². The average Bonchev–Trinajstić information content (AvgIpc) is 3.64. The molecule has 0 bridgehead atoms. The second-order valence-corrected chi connectivity index (χ2v) is 16.3. The highest BCUT2D eigenvalue weighted by Gasteiger charge is 2.71. The standard InChI is InChI=1S/C35H52O15/c1-16-29(50-31-27(42)25(40)24(39)22(13-36)49-31)26(41)28(43)30(47-16)48-18-3-8-33(15-37)20-4-7-32(2)19(17-11-23(38)46-14-17)6-10-35(32,45)21(20)5-9-34(33,44)12-18/h14-16,18-22,24-31,36,39-45H,3-13H2,1-2H3/t16?,18-,19+,20-,21+,22?,24?,25?,26?,27?,28?,29?,30?,31?,32+,33-,34-,35-/m0/s1. The molecule has 18 atom stereocenters. The molecule has 0 spiro atoms. The first-order chi connectivity index (χ1) is 23.6. The Morgan fingerprint density at radius 2 is 1.56 bits per heavy atom. The highest BCUT2D eigenvalue weighted by molar-refractivity contribution is 5.76. The molecule has 10 unspecified atom stereocenters. The van der Waals surface area contributed by atoms with Crippen LogP contribution in [0.15, 0.2) is 11.8 Å². The second-order valence-electron chi connectivity index (χ2n) is 16.3. The Kier molecular flexibility index (Phi) is 9.60. The van der Waals surface area contributed by atoms with Crippen LogP contribution in [0.3, 0.4) is 0 Å². The molecule has 0 aromatic rings. The number of cyclic esters (lactones) is 1. The number of carbonyl (C=O) groups is 2. The molecule has 6 fully saturated rings. The average molecular weight is 713 g/mol. The number of aliphatic hydroxyl groups excluding tert-OH is 6. The van der Waals surface area contributed by atoms with E-state index in [9.17, 15) is 50.4 Å². The molecule has 0 aromatic carbocycles. The summed E-state index contributed by atoms with van der Waals surface area (Å²) in [5.41, 5.74) is -3.20. The van der Waals surface area contributed by atoms with Gasteiger partial charge in [-0.3, -0.25) is 4.79 Å². The van der Waals surface area contributed by atoms with Gasteiger partial charge >= 0.3 is 5.97 Å². The Hall–Kier alpha value is -1.60. The molecule has 3 aliphatic heterocycles. The molecule has 50 heavy (non-hydrogen) atoms. The van der Waals surface area contributed by atoms with E-state index in [2.05, 4.69) is 6.92 Å². The molecule has 15 heteroatoms. The van der Waals surface area contributed by atoms with E-state index in [-0.39, 0.29) is 43.0 Å². The maximum atomic E-state index is 13.2. The van der Waals surface area contributed by atoms with Gasteiger partial charge < -0.3 is 69.3 Å². The van der Waals surface area contributed by atoms with Gasteiger partial charge in [-0.15, -0.1) is 0 Å². The van der Waals surface area contributed by atoms with Crippen LogP contribution in [0.5, 0.6) is 0 Å². The third-order valence-corrected chi connectivity index (χ3v) is 14.1. The summed E-state index contributed by atoms with van der Waals surface area (Å²) in [6, 6.07) is 0. The Labute approximate surface area is 290 Å². The van der Waals surface area contributed by atoms with Gasteiger partial charge in [0.25, 0.3) is 0 Å². The minimum absolute atomic E-state index is 0.00102. The number of fused-ring (bicyclic) bond motifs is 5. The van der Waals surface area contributed by atoms with Gasteiger partial charge in [0, 0.05) is 11.8 Å². The van der Waals surface area contributed by atoms with Gasteiger partial charge in [-0.05, 0) is 81.6 Å². The van der Waals surface area contributed by atoms with Crippen molar-refractivity contribution in [3.05, 3.63) is 11.8 Å². The van der Waals surface area contributed by atoms with Gasteiger partial charge in [-0.25, -0.2) is 0 Å². The quantitative estimate of drug-likeness (QED) is 0.0890. The van der Waals surface area contributed by atoms with Crippen LogP contribution in [0, 0.1) is 28.6 Å². The zero-order valence-corrected chi connectivity index (χ0v) is 28.5. The van der Waals surface area contributed by atoms with E-state index in [0.29, 0.717) is 38.5 Å². The van der Waals surface area contributed by atoms with Crippen molar-refractivity contribution in [3.8, 4) is 0 Å². The number of carbonyl (C=O) groups excluding carboxylic acids is 2. The summed E-state index contributed by atoms with van der Waals surface area (Å²) in [6.45, 7) is 2.98. The van der Waals surface area contributed by atoms with Crippen LogP contribution in [-0.2, 0) is 33.3 Å². The molecular formula is C35H52O15. The molecule has 7 rings (SSSR count). The van der Waals surface area contributed by atoms with Gasteiger partial charge in [0.2, 0.25) is 0 Å². The molecule has 4 aliphatic carbocycles. The Morgan fingerprint density at radius 1 is 0.860 bits per heavy atom. The van der Waals surface area contributed by atoms with Gasteiger partial charge in [-0.2, -0.15) is 0 Å². The summed E-state index contributed by atoms with van der Waals surface area (Å²) in [7, 11) is 0. The zero-order valence-electron chi connectivity index (χ0n) is 28.5. The van der Waals surface area contributed by atoms with Crippen molar-refractivity contribution in [2.45, 2.75) is 157 Å². The lowest BCUT2D eigenvalue weighted by Crippen LogP contribution is -2.69. The first-order valence-corrected chi connectivity index (χ1v) is 18.1. The van der Waals surface area contributed by atoms with Crippen LogP contribution in [0.2, 0.25) is 0 Å². The molecule has 8 N–H and O–H groups in total. The summed E-state index contributed by atoms with van der Waals surface area (Å²) in [5.74, 6) is -0.761. The molecule has 3 heterocycles.